The Kier molecular flexibility index (Phi) is 3.87. The van der Waals surface area contributed by atoms with Crippen LogP contribution in [0.4, 0.5) is 0 Å². The number of hydrogen-bond acceptors (Lipinski definition) is 0. The average Bonchev–Trinajstić information content (AvgIpc) is 2.10. The lowest BCUT2D eigenvalue weighted by molar-refractivity contribution is 0.423. The maximum Gasteiger partial charge on any atom is 0.0697 e. The van der Waals surface area contributed by atoms with Gasteiger partial charge in [0.15, 0.2) is 0 Å². The van der Waals surface area contributed by atoms with E-state index < -0.39 is 0 Å². The van der Waals surface area contributed by atoms with Gasteiger partial charge in [-0.2, -0.15) is 0 Å². The van der Waals surface area contributed by atoms with E-state index in [1.807, 2.05) is 0 Å². The van der Waals surface area contributed by atoms with E-state index in [1.165, 1.54) is 12.8 Å². The van der Waals surface area contributed by atoms with Crippen molar-refractivity contribution in [1.82, 2.24) is 0 Å². The van der Waals surface area contributed by atoms with Gasteiger partial charge in [0.1, 0.15) is 0 Å². The zero-order valence-corrected chi connectivity index (χ0v) is 8.59. The second kappa shape index (κ2) is 4.71. The molecule has 1 aliphatic carbocycles. The molecule has 1 rings (SSSR count). The molecular formula is C11H17Cl. The van der Waals surface area contributed by atoms with Crippen LogP contribution in [0.1, 0.15) is 26.7 Å². The van der Waals surface area contributed by atoms with Crippen molar-refractivity contribution in [1.29, 1.82) is 0 Å². The van der Waals surface area contributed by atoms with Crippen LogP contribution in [0.3, 0.4) is 0 Å². The molecule has 0 saturated heterocycles. The van der Waals surface area contributed by atoms with Crippen molar-refractivity contribution < 1.29 is 0 Å². The summed E-state index contributed by atoms with van der Waals surface area (Å²) in [5.74, 6) is 1.41. The van der Waals surface area contributed by atoms with E-state index in [1.54, 1.807) is 0 Å². The fourth-order valence-corrected chi connectivity index (χ4v) is 1.91. The van der Waals surface area contributed by atoms with Crippen LogP contribution in [0.5, 0.6) is 0 Å². The summed E-state index contributed by atoms with van der Waals surface area (Å²) in [6.07, 6.45) is 11.2. The third-order valence-corrected chi connectivity index (χ3v) is 2.92. The molecule has 0 spiro atoms. The molecule has 0 aliphatic heterocycles. The number of halogens is 1. The Balaban J connectivity index is 2.53. The van der Waals surface area contributed by atoms with Crippen molar-refractivity contribution in [2.24, 2.45) is 11.8 Å². The summed E-state index contributed by atoms with van der Waals surface area (Å²) in [6, 6.07) is 0. The highest BCUT2D eigenvalue weighted by atomic mass is 35.5. The van der Waals surface area contributed by atoms with Crippen molar-refractivity contribution in [3.63, 3.8) is 0 Å². The average molecular weight is 185 g/mol. The van der Waals surface area contributed by atoms with Crippen molar-refractivity contribution in [2.75, 3.05) is 0 Å². The van der Waals surface area contributed by atoms with Crippen molar-refractivity contribution in [2.45, 2.75) is 32.1 Å². The number of alkyl halides is 1. The van der Waals surface area contributed by atoms with Gasteiger partial charge in [-0.25, -0.2) is 0 Å². The van der Waals surface area contributed by atoms with E-state index in [0.717, 1.165) is 5.92 Å². The standard InChI is InChI=1S/C11H17Cl/c1-3-9(4-2)10-5-7-11(12)8-6-10/h5-11H,3-4H2,1-2H3. The Morgan fingerprint density at radius 2 is 1.58 bits per heavy atom. The summed E-state index contributed by atoms with van der Waals surface area (Å²) in [6.45, 7) is 4.51. The molecule has 0 amide bonds. The highest BCUT2D eigenvalue weighted by Crippen LogP contribution is 2.25. The van der Waals surface area contributed by atoms with Crippen molar-refractivity contribution >= 4 is 11.6 Å². The van der Waals surface area contributed by atoms with Gasteiger partial charge in [0, 0.05) is 0 Å². The molecule has 1 aliphatic rings. The smallest absolute Gasteiger partial charge is 0.0697 e. The predicted octanol–water partition coefficient (Wildman–Crippen LogP) is 3.77. The summed E-state index contributed by atoms with van der Waals surface area (Å²) >= 11 is 5.90. The van der Waals surface area contributed by atoms with Gasteiger partial charge in [0.05, 0.1) is 5.38 Å². The van der Waals surface area contributed by atoms with Crippen LogP contribution >= 0.6 is 11.6 Å². The van der Waals surface area contributed by atoms with Gasteiger partial charge in [-0.3, -0.25) is 0 Å². The first-order chi connectivity index (χ1) is 5.77. The highest BCUT2D eigenvalue weighted by Gasteiger charge is 2.15. The first-order valence-electron chi connectivity index (χ1n) is 4.78. The predicted molar refractivity (Wildman–Crippen MR) is 55.5 cm³/mol. The van der Waals surface area contributed by atoms with Crippen LogP contribution in [0.25, 0.3) is 0 Å². The zero-order valence-electron chi connectivity index (χ0n) is 7.83. The van der Waals surface area contributed by atoms with E-state index in [2.05, 4.69) is 38.2 Å². The van der Waals surface area contributed by atoms with Crippen LogP contribution in [0, 0.1) is 11.8 Å². The van der Waals surface area contributed by atoms with E-state index in [4.69, 9.17) is 11.6 Å². The summed E-state index contributed by atoms with van der Waals surface area (Å²) in [5, 5.41) is 0.121. The number of rotatable bonds is 3. The number of hydrogen-bond donors (Lipinski definition) is 0. The third kappa shape index (κ3) is 2.38. The summed E-state index contributed by atoms with van der Waals surface area (Å²) in [5.41, 5.74) is 0. The monoisotopic (exact) mass is 184 g/mol. The molecule has 0 aromatic rings. The second-order valence-corrected chi connectivity index (χ2v) is 3.87. The van der Waals surface area contributed by atoms with Crippen molar-refractivity contribution in [3.05, 3.63) is 24.3 Å². The second-order valence-electron chi connectivity index (χ2n) is 3.37. The van der Waals surface area contributed by atoms with Gasteiger partial charge >= 0.3 is 0 Å². The molecular weight excluding hydrogens is 168 g/mol. The topological polar surface area (TPSA) is 0 Å². The van der Waals surface area contributed by atoms with Gasteiger partial charge in [-0.15, -0.1) is 11.6 Å². The Morgan fingerprint density at radius 1 is 1.08 bits per heavy atom. The lowest BCUT2D eigenvalue weighted by Crippen LogP contribution is -2.12. The highest BCUT2D eigenvalue weighted by molar-refractivity contribution is 6.23. The van der Waals surface area contributed by atoms with Crippen LogP contribution < -0.4 is 0 Å². The molecule has 0 fully saturated rings. The summed E-state index contributed by atoms with van der Waals surface area (Å²) in [4.78, 5) is 0. The largest absolute Gasteiger partial charge is 0.114 e. The van der Waals surface area contributed by atoms with Gasteiger partial charge in [0.25, 0.3) is 0 Å². The van der Waals surface area contributed by atoms with Crippen LogP contribution in [-0.4, -0.2) is 5.38 Å². The molecule has 12 heavy (non-hydrogen) atoms. The Labute approximate surface area is 80.3 Å². The molecule has 0 bridgehead atoms. The molecule has 0 saturated carbocycles. The SMILES string of the molecule is CCC(CC)C1C=CC(Cl)C=C1. The molecule has 0 radical (unpaired) electrons. The minimum Gasteiger partial charge on any atom is -0.114 e. The molecule has 0 aromatic heterocycles. The first-order valence-corrected chi connectivity index (χ1v) is 5.22. The van der Waals surface area contributed by atoms with E-state index in [9.17, 15) is 0 Å². The molecule has 1 heteroatoms. The normalized spacial score (nSPS) is 28.3. The first kappa shape index (κ1) is 9.85. The molecule has 0 nitrogen and oxygen atoms in total. The Bertz CT molecular complexity index is 163. The molecule has 0 unspecified atom stereocenters. The molecule has 0 atom stereocenters. The lowest BCUT2D eigenvalue weighted by Gasteiger charge is -2.21. The fourth-order valence-electron chi connectivity index (χ4n) is 1.74. The van der Waals surface area contributed by atoms with E-state index >= 15 is 0 Å². The minimum atomic E-state index is 0.121. The Morgan fingerprint density at radius 3 is 2.00 bits per heavy atom. The quantitative estimate of drug-likeness (QED) is 0.463. The Hall–Kier alpha value is -0.230. The molecule has 0 N–H and O–H groups in total. The van der Waals surface area contributed by atoms with E-state index in [-0.39, 0.29) is 5.38 Å². The molecule has 0 heterocycles. The van der Waals surface area contributed by atoms with E-state index in [0.29, 0.717) is 5.92 Å². The maximum atomic E-state index is 5.90. The summed E-state index contributed by atoms with van der Waals surface area (Å²) < 4.78 is 0. The number of allylic oxidation sites excluding steroid dienone is 4. The maximum absolute atomic E-state index is 5.90. The molecule has 0 aromatic carbocycles. The third-order valence-electron chi connectivity index (χ3n) is 2.63. The van der Waals surface area contributed by atoms with Crippen LogP contribution in [0.15, 0.2) is 24.3 Å². The fraction of sp³-hybridized carbons (Fsp3) is 0.636. The van der Waals surface area contributed by atoms with Crippen molar-refractivity contribution in [3.8, 4) is 0 Å². The van der Waals surface area contributed by atoms with Gasteiger partial charge < -0.3 is 0 Å². The lowest BCUT2D eigenvalue weighted by atomic mass is 9.85. The van der Waals surface area contributed by atoms with Gasteiger partial charge in [-0.1, -0.05) is 51.0 Å². The zero-order chi connectivity index (χ0) is 8.97. The van der Waals surface area contributed by atoms with Crippen LogP contribution in [-0.2, 0) is 0 Å². The molecule has 68 valence electrons. The van der Waals surface area contributed by atoms with Gasteiger partial charge in [-0.05, 0) is 11.8 Å². The van der Waals surface area contributed by atoms with Gasteiger partial charge in [0.2, 0.25) is 0 Å². The minimum absolute atomic E-state index is 0.121. The van der Waals surface area contributed by atoms with Crippen LogP contribution in [0.2, 0.25) is 0 Å². The summed E-state index contributed by atoms with van der Waals surface area (Å²) in [7, 11) is 0.